The van der Waals surface area contributed by atoms with Crippen molar-refractivity contribution in [2.45, 2.75) is 57.7 Å². The summed E-state index contributed by atoms with van der Waals surface area (Å²) in [6.45, 7) is 3.78. The first-order valence-corrected chi connectivity index (χ1v) is 7.17. The lowest BCUT2D eigenvalue weighted by atomic mass is 9.73. The average Bonchev–Trinajstić information content (AvgIpc) is 2.38. The molecular formula is C16H21F3O. The third-order valence-electron chi connectivity index (χ3n) is 4.56. The van der Waals surface area contributed by atoms with Gasteiger partial charge in [0.15, 0.2) is 0 Å². The summed E-state index contributed by atoms with van der Waals surface area (Å²) in [5.41, 5.74) is -0.429. The van der Waals surface area contributed by atoms with Gasteiger partial charge in [-0.3, -0.25) is 0 Å². The topological polar surface area (TPSA) is 20.2 Å². The molecule has 0 aromatic heterocycles. The van der Waals surface area contributed by atoms with Crippen molar-refractivity contribution in [3.05, 3.63) is 34.9 Å². The van der Waals surface area contributed by atoms with Crippen LogP contribution in [0.4, 0.5) is 13.2 Å². The zero-order chi connectivity index (χ0) is 15.0. The van der Waals surface area contributed by atoms with Gasteiger partial charge >= 0.3 is 6.18 Å². The Bertz CT molecular complexity index is 471. The van der Waals surface area contributed by atoms with Crippen LogP contribution in [0.1, 0.15) is 55.7 Å². The molecule has 1 fully saturated rings. The van der Waals surface area contributed by atoms with Crippen molar-refractivity contribution in [3.63, 3.8) is 0 Å². The van der Waals surface area contributed by atoms with Gasteiger partial charge in [0.25, 0.3) is 0 Å². The third-order valence-corrected chi connectivity index (χ3v) is 4.56. The van der Waals surface area contributed by atoms with Crippen molar-refractivity contribution in [3.8, 4) is 0 Å². The highest BCUT2D eigenvalue weighted by atomic mass is 19.4. The summed E-state index contributed by atoms with van der Waals surface area (Å²) < 4.78 is 38.0. The second-order valence-corrected chi connectivity index (χ2v) is 5.91. The lowest BCUT2D eigenvalue weighted by molar-refractivity contribution is -0.137. The SMILES string of the molecule is CCC1CCC(O)(c2ccc(C(F)(F)F)cc2C)CC1. The zero-order valence-electron chi connectivity index (χ0n) is 11.9. The molecule has 1 aliphatic carbocycles. The molecule has 1 aliphatic rings. The third kappa shape index (κ3) is 3.00. The minimum absolute atomic E-state index is 0.525. The summed E-state index contributed by atoms with van der Waals surface area (Å²) >= 11 is 0. The molecule has 0 unspecified atom stereocenters. The summed E-state index contributed by atoms with van der Waals surface area (Å²) in [6.07, 6.45) is -0.0792. The van der Waals surface area contributed by atoms with Crippen LogP contribution in [0.2, 0.25) is 0 Å². The number of alkyl halides is 3. The predicted octanol–water partition coefficient (Wildman–Crippen LogP) is 4.80. The number of rotatable bonds is 2. The predicted molar refractivity (Wildman–Crippen MR) is 72.3 cm³/mol. The molecule has 0 heterocycles. The van der Waals surface area contributed by atoms with Crippen LogP contribution >= 0.6 is 0 Å². The quantitative estimate of drug-likeness (QED) is 0.827. The van der Waals surface area contributed by atoms with E-state index in [2.05, 4.69) is 6.92 Å². The Hall–Kier alpha value is -1.03. The fourth-order valence-electron chi connectivity index (χ4n) is 3.19. The van der Waals surface area contributed by atoms with E-state index in [0.717, 1.165) is 31.4 Å². The van der Waals surface area contributed by atoms with E-state index in [9.17, 15) is 18.3 Å². The lowest BCUT2D eigenvalue weighted by Crippen LogP contribution is -2.32. The maximum atomic E-state index is 12.7. The van der Waals surface area contributed by atoms with Gasteiger partial charge in [-0.15, -0.1) is 0 Å². The number of benzene rings is 1. The molecule has 0 spiro atoms. The number of halogens is 3. The number of hydrogen-bond acceptors (Lipinski definition) is 1. The molecule has 1 saturated carbocycles. The van der Waals surface area contributed by atoms with E-state index in [4.69, 9.17) is 0 Å². The van der Waals surface area contributed by atoms with Crippen LogP contribution < -0.4 is 0 Å². The Balaban J connectivity index is 2.25. The van der Waals surface area contributed by atoms with Gasteiger partial charge in [-0.1, -0.05) is 19.4 Å². The van der Waals surface area contributed by atoms with Crippen LogP contribution in [-0.2, 0) is 11.8 Å². The number of aliphatic hydroxyl groups is 1. The van der Waals surface area contributed by atoms with Gasteiger partial charge in [0.05, 0.1) is 11.2 Å². The maximum absolute atomic E-state index is 12.7. The largest absolute Gasteiger partial charge is 0.416 e. The molecule has 0 atom stereocenters. The standard InChI is InChI=1S/C16H21F3O/c1-3-12-6-8-15(20,9-7-12)14-5-4-13(10-11(14)2)16(17,18)19/h4-5,10,12,20H,3,6-9H2,1-2H3. The molecule has 2 rings (SSSR count). The van der Waals surface area contributed by atoms with E-state index in [-0.39, 0.29) is 0 Å². The Labute approximate surface area is 117 Å². The Morgan fingerprint density at radius 2 is 1.85 bits per heavy atom. The van der Waals surface area contributed by atoms with E-state index in [1.54, 1.807) is 6.92 Å². The Morgan fingerprint density at radius 1 is 1.25 bits per heavy atom. The number of hydrogen-bond donors (Lipinski definition) is 1. The number of aryl methyl sites for hydroxylation is 1. The lowest BCUT2D eigenvalue weighted by Gasteiger charge is -2.37. The van der Waals surface area contributed by atoms with Crippen molar-refractivity contribution in [2.75, 3.05) is 0 Å². The van der Waals surface area contributed by atoms with Gasteiger partial charge in [0, 0.05) is 0 Å². The summed E-state index contributed by atoms with van der Waals surface area (Å²) in [5, 5.41) is 10.7. The van der Waals surface area contributed by atoms with E-state index in [0.29, 0.717) is 29.9 Å². The average molecular weight is 286 g/mol. The van der Waals surface area contributed by atoms with E-state index in [1.807, 2.05) is 0 Å². The second kappa shape index (κ2) is 5.40. The van der Waals surface area contributed by atoms with Crippen molar-refractivity contribution >= 4 is 0 Å². The highest BCUT2D eigenvalue weighted by Gasteiger charge is 2.37. The zero-order valence-corrected chi connectivity index (χ0v) is 11.9. The molecule has 1 nitrogen and oxygen atoms in total. The minimum atomic E-state index is -4.33. The first kappa shape index (κ1) is 15.4. The van der Waals surface area contributed by atoms with Crippen molar-refractivity contribution in [1.82, 2.24) is 0 Å². The molecule has 1 aromatic rings. The molecule has 1 N–H and O–H groups in total. The molecule has 0 amide bonds. The monoisotopic (exact) mass is 286 g/mol. The molecular weight excluding hydrogens is 265 g/mol. The summed E-state index contributed by atoms with van der Waals surface area (Å²) in [5.74, 6) is 0.630. The molecule has 1 aromatic carbocycles. The molecule has 4 heteroatoms. The Kier molecular flexibility index (Phi) is 4.14. The maximum Gasteiger partial charge on any atom is 0.416 e. The van der Waals surface area contributed by atoms with Crippen LogP contribution in [0.25, 0.3) is 0 Å². The van der Waals surface area contributed by atoms with Crippen LogP contribution in [0.5, 0.6) is 0 Å². The van der Waals surface area contributed by atoms with Gasteiger partial charge in [-0.25, -0.2) is 0 Å². The Morgan fingerprint density at radius 3 is 2.30 bits per heavy atom. The van der Waals surface area contributed by atoms with Crippen LogP contribution in [0, 0.1) is 12.8 Å². The van der Waals surface area contributed by atoms with Crippen LogP contribution in [-0.4, -0.2) is 5.11 Å². The summed E-state index contributed by atoms with van der Waals surface area (Å²) in [4.78, 5) is 0. The van der Waals surface area contributed by atoms with E-state index < -0.39 is 17.3 Å². The van der Waals surface area contributed by atoms with Gasteiger partial charge in [0.2, 0.25) is 0 Å². The first-order chi connectivity index (χ1) is 9.26. The van der Waals surface area contributed by atoms with Crippen molar-refractivity contribution < 1.29 is 18.3 Å². The van der Waals surface area contributed by atoms with Crippen molar-refractivity contribution in [2.24, 2.45) is 5.92 Å². The summed E-state index contributed by atoms with van der Waals surface area (Å²) in [7, 11) is 0. The highest BCUT2D eigenvalue weighted by Crippen LogP contribution is 2.42. The smallest absolute Gasteiger partial charge is 0.385 e. The molecule has 0 radical (unpaired) electrons. The molecule has 0 saturated heterocycles. The fourth-order valence-corrected chi connectivity index (χ4v) is 3.19. The minimum Gasteiger partial charge on any atom is -0.385 e. The summed E-state index contributed by atoms with van der Waals surface area (Å²) in [6, 6.07) is 3.66. The van der Waals surface area contributed by atoms with Gasteiger partial charge < -0.3 is 5.11 Å². The van der Waals surface area contributed by atoms with Gasteiger partial charge in [-0.2, -0.15) is 13.2 Å². The van der Waals surface area contributed by atoms with Crippen LogP contribution in [0.3, 0.4) is 0 Å². The van der Waals surface area contributed by atoms with E-state index >= 15 is 0 Å². The molecule has 0 bridgehead atoms. The highest BCUT2D eigenvalue weighted by molar-refractivity contribution is 5.36. The fraction of sp³-hybridized carbons (Fsp3) is 0.625. The molecule has 0 aliphatic heterocycles. The van der Waals surface area contributed by atoms with Gasteiger partial charge in [0.1, 0.15) is 0 Å². The molecule has 20 heavy (non-hydrogen) atoms. The van der Waals surface area contributed by atoms with Crippen molar-refractivity contribution in [1.29, 1.82) is 0 Å². The van der Waals surface area contributed by atoms with Crippen LogP contribution in [0.15, 0.2) is 18.2 Å². The molecule has 112 valence electrons. The first-order valence-electron chi connectivity index (χ1n) is 7.17. The normalized spacial score (nSPS) is 27.6. The van der Waals surface area contributed by atoms with Gasteiger partial charge in [-0.05, 0) is 61.8 Å². The second-order valence-electron chi connectivity index (χ2n) is 5.91. The van der Waals surface area contributed by atoms with E-state index in [1.165, 1.54) is 6.07 Å².